The summed E-state index contributed by atoms with van der Waals surface area (Å²) in [5.74, 6) is 0. The third-order valence-electron chi connectivity index (χ3n) is 1.74. The minimum absolute atomic E-state index is 0.393. The second kappa shape index (κ2) is 2.97. The van der Waals surface area contributed by atoms with E-state index in [9.17, 15) is 13.2 Å². The molecule has 2 aromatic heterocycles. The van der Waals surface area contributed by atoms with Crippen LogP contribution in [0.5, 0.6) is 0 Å². The zero-order chi connectivity index (χ0) is 10.2. The van der Waals surface area contributed by atoms with E-state index in [1.165, 1.54) is 12.4 Å². The summed E-state index contributed by atoms with van der Waals surface area (Å²) < 4.78 is 37.1. The van der Waals surface area contributed by atoms with Gasteiger partial charge < -0.3 is 0 Å². The van der Waals surface area contributed by atoms with Crippen molar-refractivity contribution in [3.05, 3.63) is 24.5 Å². The number of nitrogens with zero attached hydrogens (tertiary/aromatic N) is 3. The van der Waals surface area contributed by atoms with Gasteiger partial charge in [0, 0.05) is 6.20 Å². The maximum absolute atomic E-state index is 12.1. The van der Waals surface area contributed by atoms with Crippen LogP contribution in [-0.4, -0.2) is 20.9 Å². The molecule has 0 saturated carbocycles. The third kappa shape index (κ3) is 1.68. The summed E-state index contributed by atoms with van der Waals surface area (Å²) in [6, 6.07) is 3.14. The molecule has 74 valence electrons. The molecule has 14 heavy (non-hydrogen) atoms. The Kier molecular flexibility index (Phi) is 1.90. The number of aromatic nitrogens is 3. The zero-order valence-electron chi connectivity index (χ0n) is 6.99. The summed E-state index contributed by atoms with van der Waals surface area (Å²) in [5, 5.41) is 3.61. The van der Waals surface area contributed by atoms with Crippen LogP contribution in [0.1, 0.15) is 0 Å². The molecule has 2 aromatic rings. The Labute approximate surface area is 77.2 Å². The first-order valence-corrected chi connectivity index (χ1v) is 3.89. The molecule has 0 saturated heterocycles. The monoisotopic (exact) mass is 201 g/mol. The van der Waals surface area contributed by atoms with E-state index in [0.29, 0.717) is 11.0 Å². The maximum Gasteiger partial charge on any atom is 0.408 e. The molecule has 3 nitrogen and oxygen atoms in total. The van der Waals surface area contributed by atoms with Gasteiger partial charge in [0.05, 0.1) is 11.7 Å². The molecule has 0 unspecified atom stereocenters. The molecule has 0 radical (unpaired) electrons. The Morgan fingerprint density at radius 2 is 2.14 bits per heavy atom. The Hall–Kier alpha value is -1.59. The van der Waals surface area contributed by atoms with Crippen molar-refractivity contribution < 1.29 is 13.2 Å². The van der Waals surface area contributed by atoms with Crippen LogP contribution >= 0.6 is 0 Å². The van der Waals surface area contributed by atoms with Crippen molar-refractivity contribution in [2.75, 3.05) is 0 Å². The van der Waals surface area contributed by atoms with Gasteiger partial charge in [-0.15, -0.1) is 0 Å². The fraction of sp³-hybridized carbons (Fsp3) is 0.250. The lowest BCUT2D eigenvalue weighted by molar-refractivity contribution is -0.141. The lowest BCUT2D eigenvalue weighted by atomic mass is 10.4. The topological polar surface area (TPSA) is 30.7 Å². The Bertz CT molecular complexity index is 446. The molecule has 0 amide bonds. The predicted molar refractivity (Wildman–Crippen MR) is 43.6 cm³/mol. The highest BCUT2D eigenvalue weighted by Crippen LogP contribution is 2.19. The van der Waals surface area contributed by atoms with Crippen molar-refractivity contribution in [1.82, 2.24) is 14.8 Å². The normalized spacial score (nSPS) is 12.2. The lowest BCUT2D eigenvalue weighted by Crippen LogP contribution is -2.18. The van der Waals surface area contributed by atoms with Gasteiger partial charge in [0.15, 0.2) is 0 Å². The molecule has 0 aliphatic heterocycles. The first-order valence-electron chi connectivity index (χ1n) is 3.89. The summed E-state index contributed by atoms with van der Waals surface area (Å²) in [6.07, 6.45) is -1.42. The van der Waals surface area contributed by atoms with Gasteiger partial charge in [-0.25, -0.2) is 0 Å². The molecule has 2 rings (SSSR count). The van der Waals surface area contributed by atoms with Crippen LogP contribution in [0.25, 0.3) is 11.0 Å². The van der Waals surface area contributed by atoms with Gasteiger partial charge in [-0.3, -0.25) is 9.67 Å². The van der Waals surface area contributed by atoms with Crippen molar-refractivity contribution in [3.63, 3.8) is 0 Å². The van der Waals surface area contributed by atoms with Gasteiger partial charge >= 0.3 is 6.18 Å². The fourth-order valence-electron chi connectivity index (χ4n) is 1.21. The van der Waals surface area contributed by atoms with Crippen LogP contribution in [0.4, 0.5) is 13.2 Å². The number of alkyl halides is 3. The molecule has 0 atom stereocenters. The summed E-state index contributed by atoms with van der Waals surface area (Å²) in [4.78, 5) is 3.88. The van der Waals surface area contributed by atoms with Crippen molar-refractivity contribution >= 4 is 11.0 Å². The van der Waals surface area contributed by atoms with Gasteiger partial charge in [-0.05, 0) is 12.1 Å². The van der Waals surface area contributed by atoms with Crippen molar-refractivity contribution in [3.8, 4) is 0 Å². The van der Waals surface area contributed by atoms with Crippen LogP contribution in [0.3, 0.4) is 0 Å². The van der Waals surface area contributed by atoms with E-state index in [4.69, 9.17) is 0 Å². The van der Waals surface area contributed by atoms with E-state index < -0.39 is 12.7 Å². The largest absolute Gasteiger partial charge is 0.408 e. The molecule has 0 bridgehead atoms. The molecule has 0 spiro atoms. The molecular weight excluding hydrogens is 195 g/mol. The number of fused-ring (bicyclic) bond motifs is 1. The highest BCUT2D eigenvalue weighted by Gasteiger charge is 2.29. The van der Waals surface area contributed by atoms with Gasteiger partial charge in [0.25, 0.3) is 0 Å². The quantitative estimate of drug-likeness (QED) is 0.706. The molecule has 6 heteroatoms. The third-order valence-corrected chi connectivity index (χ3v) is 1.74. The first-order chi connectivity index (χ1) is 6.56. The van der Waals surface area contributed by atoms with E-state index in [-0.39, 0.29) is 0 Å². The average Bonchev–Trinajstić information content (AvgIpc) is 2.47. The minimum atomic E-state index is -4.26. The van der Waals surface area contributed by atoms with Gasteiger partial charge in [0.2, 0.25) is 0 Å². The number of hydrogen-bond donors (Lipinski definition) is 0. The van der Waals surface area contributed by atoms with Crippen LogP contribution in [0.2, 0.25) is 0 Å². The first kappa shape index (κ1) is 8.98. The van der Waals surface area contributed by atoms with E-state index >= 15 is 0 Å². The predicted octanol–water partition coefficient (Wildman–Crippen LogP) is 1.99. The highest BCUT2D eigenvalue weighted by molar-refractivity contribution is 5.73. The number of rotatable bonds is 1. The van der Waals surface area contributed by atoms with Gasteiger partial charge in [0.1, 0.15) is 12.1 Å². The van der Waals surface area contributed by atoms with Crippen LogP contribution < -0.4 is 0 Å². The molecule has 0 fully saturated rings. The van der Waals surface area contributed by atoms with E-state index in [1.54, 1.807) is 12.1 Å². The molecule has 0 aromatic carbocycles. The molecule has 0 aliphatic carbocycles. The van der Waals surface area contributed by atoms with Crippen molar-refractivity contribution in [2.24, 2.45) is 0 Å². The van der Waals surface area contributed by atoms with Crippen molar-refractivity contribution in [2.45, 2.75) is 12.7 Å². The summed E-state index contributed by atoms with van der Waals surface area (Å²) >= 11 is 0. The van der Waals surface area contributed by atoms with E-state index in [0.717, 1.165) is 4.68 Å². The number of halogens is 3. The Morgan fingerprint density at radius 1 is 1.36 bits per heavy atom. The standard InChI is InChI=1S/C8H6F3N3/c9-8(10,11)5-14-7-2-1-3-12-6(7)4-13-14/h1-4H,5H2. The Balaban J connectivity index is 2.44. The molecule has 2 heterocycles. The number of hydrogen-bond acceptors (Lipinski definition) is 2. The Morgan fingerprint density at radius 3 is 2.86 bits per heavy atom. The van der Waals surface area contributed by atoms with Crippen LogP contribution in [-0.2, 0) is 6.54 Å². The SMILES string of the molecule is FC(F)(F)Cn1ncc2ncccc21. The second-order valence-electron chi connectivity index (χ2n) is 2.83. The smallest absolute Gasteiger partial charge is 0.254 e. The second-order valence-corrected chi connectivity index (χ2v) is 2.83. The fourth-order valence-corrected chi connectivity index (χ4v) is 1.21. The van der Waals surface area contributed by atoms with Crippen LogP contribution in [0.15, 0.2) is 24.5 Å². The van der Waals surface area contributed by atoms with Crippen molar-refractivity contribution in [1.29, 1.82) is 0 Å². The van der Waals surface area contributed by atoms with Gasteiger partial charge in [-0.1, -0.05) is 0 Å². The number of pyridine rings is 1. The maximum atomic E-state index is 12.1. The molecule has 0 N–H and O–H groups in total. The van der Waals surface area contributed by atoms with Gasteiger partial charge in [-0.2, -0.15) is 18.3 Å². The van der Waals surface area contributed by atoms with E-state index in [2.05, 4.69) is 10.1 Å². The zero-order valence-corrected chi connectivity index (χ0v) is 6.99. The summed E-state index contributed by atoms with van der Waals surface area (Å²) in [6.45, 7) is -1.08. The highest BCUT2D eigenvalue weighted by atomic mass is 19.4. The van der Waals surface area contributed by atoms with Crippen LogP contribution in [0, 0.1) is 0 Å². The summed E-state index contributed by atoms with van der Waals surface area (Å²) in [7, 11) is 0. The molecule has 0 aliphatic rings. The minimum Gasteiger partial charge on any atom is -0.254 e. The summed E-state index contributed by atoms with van der Waals surface area (Å²) in [5.41, 5.74) is 0.863. The molecular formula is C8H6F3N3. The average molecular weight is 201 g/mol. The van der Waals surface area contributed by atoms with E-state index in [1.807, 2.05) is 0 Å². The lowest BCUT2D eigenvalue weighted by Gasteiger charge is -2.06.